The van der Waals surface area contributed by atoms with Crippen LogP contribution in [0.4, 0.5) is 5.69 Å². The molecule has 0 radical (unpaired) electrons. The van der Waals surface area contributed by atoms with Gasteiger partial charge in [0, 0.05) is 17.3 Å². The van der Waals surface area contributed by atoms with Crippen LogP contribution in [-0.4, -0.2) is 34.8 Å². The Balaban J connectivity index is 1.69. The first-order chi connectivity index (χ1) is 14.5. The number of methoxy groups -OCH3 is 1. The van der Waals surface area contributed by atoms with Crippen molar-refractivity contribution in [3.63, 3.8) is 0 Å². The van der Waals surface area contributed by atoms with Gasteiger partial charge in [0.05, 0.1) is 24.7 Å². The van der Waals surface area contributed by atoms with E-state index >= 15 is 0 Å². The minimum absolute atomic E-state index is 0.193. The van der Waals surface area contributed by atoms with Crippen LogP contribution in [-0.2, 0) is 4.79 Å². The molecule has 156 valence electrons. The van der Waals surface area contributed by atoms with Gasteiger partial charge in [-0.2, -0.15) is 0 Å². The zero-order valence-corrected chi connectivity index (χ0v) is 17.8. The minimum atomic E-state index is -0.467. The van der Waals surface area contributed by atoms with Crippen molar-refractivity contribution in [2.75, 3.05) is 19.0 Å². The number of nitrogens with one attached hydrogen (secondary N) is 2. The summed E-state index contributed by atoms with van der Waals surface area (Å²) in [5, 5.41) is 2.77. The number of benzene rings is 2. The lowest BCUT2D eigenvalue weighted by atomic mass is 10.1. The van der Waals surface area contributed by atoms with Crippen LogP contribution in [0.15, 0.2) is 64.5 Å². The molecular weight excluding hydrogens is 402 g/mol. The SMILES string of the molecule is CCOc1ccc(NC(=O)C(C)Sc2nc(-c3ccc(OC)cc3)cc(=O)[nH]2)cc1. The summed E-state index contributed by atoms with van der Waals surface area (Å²) >= 11 is 1.18. The highest BCUT2D eigenvalue weighted by atomic mass is 32.2. The summed E-state index contributed by atoms with van der Waals surface area (Å²) in [6.07, 6.45) is 0. The fraction of sp³-hybridized carbons (Fsp3) is 0.227. The van der Waals surface area contributed by atoms with E-state index in [9.17, 15) is 9.59 Å². The molecule has 8 heteroatoms. The molecule has 0 aliphatic rings. The van der Waals surface area contributed by atoms with E-state index in [0.29, 0.717) is 23.1 Å². The van der Waals surface area contributed by atoms with Gasteiger partial charge in [0.1, 0.15) is 11.5 Å². The van der Waals surface area contributed by atoms with Crippen molar-refractivity contribution in [3.05, 3.63) is 65.0 Å². The van der Waals surface area contributed by atoms with Crippen molar-refractivity contribution in [1.29, 1.82) is 0 Å². The maximum atomic E-state index is 12.5. The maximum absolute atomic E-state index is 12.5. The summed E-state index contributed by atoms with van der Waals surface area (Å²) in [6, 6.07) is 15.9. The number of aromatic nitrogens is 2. The van der Waals surface area contributed by atoms with E-state index in [1.807, 2.05) is 19.1 Å². The number of ether oxygens (including phenoxy) is 2. The molecule has 0 saturated carbocycles. The number of H-pyrrole nitrogens is 1. The Labute approximate surface area is 178 Å². The van der Waals surface area contributed by atoms with Gasteiger partial charge in [0.2, 0.25) is 5.91 Å². The Morgan fingerprint density at radius 2 is 1.80 bits per heavy atom. The predicted molar refractivity (Wildman–Crippen MR) is 118 cm³/mol. The molecule has 0 aliphatic carbocycles. The first-order valence-corrected chi connectivity index (χ1v) is 10.3. The third kappa shape index (κ3) is 5.64. The van der Waals surface area contributed by atoms with Crippen molar-refractivity contribution < 1.29 is 14.3 Å². The van der Waals surface area contributed by atoms with E-state index in [1.165, 1.54) is 17.8 Å². The highest BCUT2D eigenvalue weighted by Crippen LogP contribution is 2.24. The lowest BCUT2D eigenvalue weighted by molar-refractivity contribution is -0.115. The molecule has 3 aromatic rings. The Morgan fingerprint density at radius 3 is 2.43 bits per heavy atom. The number of rotatable bonds is 8. The molecule has 1 unspecified atom stereocenters. The lowest BCUT2D eigenvalue weighted by Crippen LogP contribution is -2.23. The Kier molecular flexibility index (Phi) is 7.13. The molecule has 7 nitrogen and oxygen atoms in total. The van der Waals surface area contributed by atoms with Crippen molar-refractivity contribution in [2.45, 2.75) is 24.3 Å². The monoisotopic (exact) mass is 425 g/mol. The summed E-state index contributed by atoms with van der Waals surface area (Å²) in [7, 11) is 1.59. The highest BCUT2D eigenvalue weighted by Gasteiger charge is 2.17. The second-order valence-corrected chi connectivity index (χ2v) is 7.70. The number of aromatic amines is 1. The van der Waals surface area contributed by atoms with Gasteiger partial charge < -0.3 is 19.8 Å². The molecule has 0 saturated heterocycles. The second kappa shape index (κ2) is 9.98. The van der Waals surface area contributed by atoms with Crippen LogP contribution in [0.3, 0.4) is 0 Å². The molecule has 30 heavy (non-hydrogen) atoms. The average molecular weight is 426 g/mol. The Morgan fingerprint density at radius 1 is 1.13 bits per heavy atom. The normalized spacial score (nSPS) is 11.6. The van der Waals surface area contributed by atoms with Crippen LogP contribution in [0.1, 0.15) is 13.8 Å². The predicted octanol–water partition coefficient (Wildman–Crippen LogP) is 3.96. The fourth-order valence-electron chi connectivity index (χ4n) is 2.67. The number of carbonyl (C=O) groups excluding carboxylic acids is 1. The molecule has 0 spiro atoms. The van der Waals surface area contributed by atoms with Crippen LogP contribution in [0.25, 0.3) is 11.3 Å². The van der Waals surface area contributed by atoms with E-state index < -0.39 is 5.25 Å². The first kappa shape index (κ1) is 21.4. The molecule has 3 rings (SSSR count). The van der Waals surface area contributed by atoms with Gasteiger partial charge in [0.15, 0.2) is 5.16 Å². The van der Waals surface area contributed by atoms with Crippen LogP contribution in [0, 0.1) is 0 Å². The van der Waals surface area contributed by atoms with Crippen molar-refractivity contribution in [1.82, 2.24) is 9.97 Å². The molecule has 0 bridgehead atoms. The molecule has 0 aliphatic heterocycles. The topological polar surface area (TPSA) is 93.3 Å². The molecule has 0 fully saturated rings. The molecule has 1 aromatic heterocycles. The van der Waals surface area contributed by atoms with E-state index in [4.69, 9.17) is 9.47 Å². The third-order valence-corrected chi connectivity index (χ3v) is 5.18. The summed E-state index contributed by atoms with van der Waals surface area (Å²) in [5.41, 5.74) is 1.71. The summed E-state index contributed by atoms with van der Waals surface area (Å²) in [5.74, 6) is 1.27. The fourth-order valence-corrected chi connectivity index (χ4v) is 3.48. The lowest BCUT2D eigenvalue weighted by Gasteiger charge is -2.12. The standard InChI is InChI=1S/C22H23N3O4S/c1-4-29-18-11-7-16(8-12-18)23-21(27)14(2)30-22-24-19(13-20(26)25-22)15-5-9-17(28-3)10-6-15/h5-14H,4H2,1-3H3,(H,23,27)(H,24,25,26). The van der Waals surface area contributed by atoms with E-state index in [0.717, 1.165) is 17.1 Å². The van der Waals surface area contributed by atoms with Gasteiger partial charge in [-0.15, -0.1) is 0 Å². The molecular formula is C22H23N3O4S. The molecule has 2 aromatic carbocycles. The number of nitrogens with zero attached hydrogens (tertiary/aromatic N) is 1. The third-order valence-electron chi connectivity index (χ3n) is 4.20. The van der Waals surface area contributed by atoms with E-state index in [2.05, 4.69) is 15.3 Å². The summed E-state index contributed by atoms with van der Waals surface area (Å²) in [6.45, 7) is 4.26. The van der Waals surface area contributed by atoms with Gasteiger partial charge in [0.25, 0.3) is 5.56 Å². The highest BCUT2D eigenvalue weighted by molar-refractivity contribution is 8.00. The van der Waals surface area contributed by atoms with Gasteiger partial charge in [-0.1, -0.05) is 11.8 Å². The number of thioether (sulfide) groups is 1. The quantitative estimate of drug-likeness (QED) is 0.419. The Hall–Kier alpha value is -3.26. The zero-order valence-electron chi connectivity index (χ0n) is 17.0. The Bertz CT molecular complexity index is 1050. The van der Waals surface area contributed by atoms with Crippen LogP contribution in [0.2, 0.25) is 0 Å². The zero-order chi connectivity index (χ0) is 21.5. The van der Waals surface area contributed by atoms with E-state index in [1.54, 1.807) is 50.4 Å². The number of amides is 1. The molecule has 1 heterocycles. The smallest absolute Gasteiger partial charge is 0.252 e. The van der Waals surface area contributed by atoms with Gasteiger partial charge >= 0.3 is 0 Å². The van der Waals surface area contributed by atoms with Gasteiger partial charge in [-0.25, -0.2) is 4.98 Å². The minimum Gasteiger partial charge on any atom is -0.497 e. The maximum Gasteiger partial charge on any atom is 0.252 e. The average Bonchev–Trinajstić information content (AvgIpc) is 2.75. The van der Waals surface area contributed by atoms with E-state index in [-0.39, 0.29) is 11.5 Å². The summed E-state index contributed by atoms with van der Waals surface area (Å²) in [4.78, 5) is 31.8. The van der Waals surface area contributed by atoms with Crippen molar-refractivity contribution >= 4 is 23.4 Å². The number of hydrogen-bond donors (Lipinski definition) is 2. The number of hydrogen-bond acceptors (Lipinski definition) is 6. The molecule has 1 amide bonds. The van der Waals surface area contributed by atoms with Crippen LogP contribution >= 0.6 is 11.8 Å². The largest absolute Gasteiger partial charge is 0.497 e. The summed E-state index contributed by atoms with van der Waals surface area (Å²) < 4.78 is 10.6. The van der Waals surface area contributed by atoms with Gasteiger partial charge in [-0.05, 0) is 62.4 Å². The van der Waals surface area contributed by atoms with Crippen LogP contribution in [0.5, 0.6) is 11.5 Å². The number of carbonyl (C=O) groups is 1. The van der Waals surface area contributed by atoms with Gasteiger partial charge in [-0.3, -0.25) is 9.59 Å². The molecule has 2 N–H and O–H groups in total. The molecule has 1 atom stereocenters. The van der Waals surface area contributed by atoms with Crippen molar-refractivity contribution in [2.24, 2.45) is 0 Å². The first-order valence-electron chi connectivity index (χ1n) is 9.44. The second-order valence-electron chi connectivity index (χ2n) is 6.37. The number of anilines is 1. The van der Waals surface area contributed by atoms with Crippen LogP contribution < -0.4 is 20.3 Å². The van der Waals surface area contributed by atoms with Crippen molar-refractivity contribution in [3.8, 4) is 22.8 Å².